The van der Waals surface area contributed by atoms with Crippen LogP contribution >= 0.6 is 0 Å². The number of carbonyl (C=O) groups excluding carboxylic acids is 3. The lowest BCUT2D eigenvalue weighted by molar-refractivity contribution is -0.142. The van der Waals surface area contributed by atoms with Gasteiger partial charge in [-0.2, -0.15) is 5.10 Å². The van der Waals surface area contributed by atoms with Crippen LogP contribution in [0.3, 0.4) is 0 Å². The molecular formula is C17H19N3O4. The fourth-order valence-electron chi connectivity index (χ4n) is 2.23. The Labute approximate surface area is 139 Å². The Balaban J connectivity index is 1.93. The van der Waals surface area contributed by atoms with Gasteiger partial charge in [0.05, 0.1) is 11.3 Å². The molecule has 0 bridgehead atoms. The summed E-state index contributed by atoms with van der Waals surface area (Å²) in [5, 5.41) is 6.67. The monoisotopic (exact) mass is 329 g/mol. The van der Waals surface area contributed by atoms with Crippen molar-refractivity contribution in [1.29, 1.82) is 0 Å². The summed E-state index contributed by atoms with van der Waals surface area (Å²) in [5.74, 6) is -2.39. The van der Waals surface area contributed by atoms with Crippen molar-refractivity contribution < 1.29 is 19.1 Å². The van der Waals surface area contributed by atoms with Crippen LogP contribution in [-0.4, -0.2) is 34.0 Å². The average Bonchev–Trinajstić information content (AvgIpc) is 2.79. The maximum Gasteiger partial charge on any atom is 0.380 e. The highest BCUT2D eigenvalue weighted by atomic mass is 16.5. The number of nitrogens with one attached hydrogen (secondary N) is 1. The topological polar surface area (TPSA) is 90.3 Å². The van der Waals surface area contributed by atoms with Crippen LogP contribution in [0, 0.1) is 20.8 Å². The molecule has 0 aliphatic rings. The van der Waals surface area contributed by atoms with Gasteiger partial charge in [0.25, 0.3) is 11.7 Å². The lowest BCUT2D eigenvalue weighted by atomic mass is 10.1. The minimum atomic E-state index is -1.08. The number of amides is 1. The van der Waals surface area contributed by atoms with Crippen molar-refractivity contribution in [2.24, 2.45) is 7.05 Å². The molecule has 1 N–H and O–H groups in total. The number of ketones is 1. The van der Waals surface area contributed by atoms with Crippen LogP contribution in [0.25, 0.3) is 0 Å². The van der Waals surface area contributed by atoms with E-state index >= 15 is 0 Å². The van der Waals surface area contributed by atoms with Crippen LogP contribution in [0.15, 0.2) is 24.3 Å². The third-order valence-electron chi connectivity index (χ3n) is 3.59. The van der Waals surface area contributed by atoms with E-state index in [0.29, 0.717) is 17.1 Å². The summed E-state index contributed by atoms with van der Waals surface area (Å²) >= 11 is 0. The third kappa shape index (κ3) is 3.87. The largest absolute Gasteiger partial charge is 0.450 e. The van der Waals surface area contributed by atoms with Crippen molar-refractivity contribution in [1.82, 2.24) is 9.78 Å². The van der Waals surface area contributed by atoms with Crippen LogP contribution in [-0.2, 0) is 21.4 Å². The number of rotatable bonds is 5. The Kier molecular flexibility index (Phi) is 5.13. The Morgan fingerprint density at radius 1 is 1.12 bits per heavy atom. The number of aryl methyl sites for hydroxylation is 3. The number of carbonyl (C=O) groups is 3. The first-order valence-electron chi connectivity index (χ1n) is 7.37. The molecule has 2 aromatic rings. The van der Waals surface area contributed by atoms with Gasteiger partial charge in [0.2, 0.25) is 0 Å². The highest BCUT2D eigenvalue weighted by molar-refractivity contribution is 6.41. The number of hydrogen-bond acceptors (Lipinski definition) is 5. The predicted molar refractivity (Wildman–Crippen MR) is 87.8 cm³/mol. The molecule has 1 aromatic carbocycles. The van der Waals surface area contributed by atoms with Crippen LogP contribution < -0.4 is 5.32 Å². The molecule has 0 aliphatic carbocycles. The van der Waals surface area contributed by atoms with Crippen LogP contribution in [0.2, 0.25) is 0 Å². The summed E-state index contributed by atoms with van der Waals surface area (Å²) in [7, 11) is 1.68. The fourth-order valence-corrected chi connectivity index (χ4v) is 2.23. The van der Waals surface area contributed by atoms with E-state index in [1.807, 2.05) is 19.1 Å². The zero-order chi connectivity index (χ0) is 17.9. The summed E-state index contributed by atoms with van der Waals surface area (Å²) in [4.78, 5) is 35.8. The van der Waals surface area contributed by atoms with E-state index in [-0.39, 0.29) is 5.56 Å². The van der Waals surface area contributed by atoms with Crippen molar-refractivity contribution in [3.05, 3.63) is 46.8 Å². The number of anilines is 1. The highest BCUT2D eigenvalue weighted by Crippen LogP contribution is 2.13. The molecule has 126 valence electrons. The Morgan fingerprint density at radius 2 is 1.75 bits per heavy atom. The molecule has 0 fully saturated rings. The molecule has 2 rings (SSSR count). The summed E-state index contributed by atoms with van der Waals surface area (Å²) in [5.41, 5.74) is 2.88. The van der Waals surface area contributed by atoms with Gasteiger partial charge in [-0.05, 0) is 32.9 Å². The SMILES string of the molecule is Cc1ccc(NC(=O)COC(=O)C(=O)c2c(C)nn(C)c2C)cc1. The maximum absolute atomic E-state index is 12.1. The van der Waals surface area contributed by atoms with E-state index in [0.717, 1.165) is 5.56 Å². The molecule has 1 aromatic heterocycles. The van der Waals surface area contributed by atoms with Gasteiger partial charge in [0.15, 0.2) is 6.61 Å². The minimum Gasteiger partial charge on any atom is -0.450 e. The van der Waals surface area contributed by atoms with E-state index in [9.17, 15) is 14.4 Å². The van der Waals surface area contributed by atoms with Gasteiger partial charge in [0, 0.05) is 18.4 Å². The Hall–Kier alpha value is -2.96. The first kappa shape index (κ1) is 17.4. The third-order valence-corrected chi connectivity index (χ3v) is 3.59. The van der Waals surface area contributed by atoms with Crippen molar-refractivity contribution in [2.75, 3.05) is 11.9 Å². The molecule has 0 saturated carbocycles. The summed E-state index contributed by atoms with van der Waals surface area (Å²) in [6.07, 6.45) is 0. The van der Waals surface area contributed by atoms with Gasteiger partial charge in [-0.15, -0.1) is 0 Å². The quantitative estimate of drug-likeness (QED) is 0.512. The second-order valence-electron chi connectivity index (χ2n) is 5.49. The van der Waals surface area contributed by atoms with Gasteiger partial charge in [-0.1, -0.05) is 17.7 Å². The van der Waals surface area contributed by atoms with E-state index < -0.39 is 24.3 Å². The first-order chi connectivity index (χ1) is 11.3. The molecule has 7 nitrogen and oxygen atoms in total. The van der Waals surface area contributed by atoms with Crippen molar-refractivity contribution in [2.45, 2.75) is 20.8 Å². The molecule has 0 spiro atoms. The maximum atomic E-state index is 12.1. The van der Waals surface area contributed by atoms with Gasteiger partial charge in [0.1, 0.15) is 0 Å². The van der Waals surface area contributed by atoms with Crippen molar-refractivity contribution in [3.8, 4) is 0 Å². The molecule has 0 atom stereocenters. The summed E-state index contributed by atoms with van der Waals surface area (Å²) in [6.45, 7) is 4.72. The van der Waals surface area contributed by atoms with E-state index in [1.165, 1.54) is 4.68 Å². The smallest absolute Gasteiger partial charge is 0.380 e. The van der Waals surface area contributed by atoms with E-state index in [2.05, 4.69) is 10.4 Å². The van der Waals surface area contributed by atoms with Gasteiger partial charge >= 0.3 is 5.97 Å². The Bertz CT molecular complexity index is 791. The van der Waals surface area contributed by atoms with Gasteiger partial charge in [-0.25, -0.2) is 4.79 Å². The molecule has 0 radical (unpaired) electrons. The molecule has 1 amide bonds. The van der Waals surface area contributed by atoms with E-state index in [4.69, 9.17) is 4.74 Å². The zero-order valence-corrected chi connectivity index (χ0v) is 14.0. The predicted octanol–water partition coefficient (Wildman–Crippen LogP) is 1.71. The molecule has 7 heteroatoms. The lowest BCUT2D eigenvalue weighted by Crippen LogP contribution is -2.25. The zero-order valence-electron chi connectivity index (χ0n) is 14.0. The second kappa shape index (κ2) is 7.08. The molecular weight excluding hydrogens is 310 g/mol. The number of ether oxygens (including phenoxy) is 1. The molecule has 0 unspecified atom stereocenters. The first-order valence-corrected chi connectivity index (χ1v) is 7.37. The van der Waals surface area contributed by atoms with Crippen LogP contribution in [0.1, 0.15) is 27.3 Å². The summed E-state index contributed by atoms with van der Waals surface area (Å²) in [6, 6.07) is 7.17. The summed E-state index contributed by atoms with van der Waals surface area (Å²) < 4.78 is 6.31. The van der Waals surface area contributed by atoms with Crippen molar-refractivity contribution in [3.63, 3.8) is 0 Å². The number of esters is 1. The van der Waals surface area contributed by atoms with Crippen molar-refractivity contribution >= 4 is 23.3 Å². The average molecular weight is 329 g/mol. The number of benzene rings is 1. The van der Waals surface area contributed by atoms with Gasteiger partial charge in [-0.3, -0.25) is 14.3 Å². The lowest BCUT2D eigenvalue weighted by Gasteiger charge is -2.06. The van der Waals surface area contributed by atoms with Gasteiger partial charge < -0.3 is 10.1 Å². The molecule has 0 aliphatic heterocycles. The number of nitrogens with zero attached hydrogens (tertiary/aromatic N) is 2. The molecule has 0 saturated heterocycles. The normalized spacial score (nSPS) is 10.3. The number of aromatic nitrogens is 2. The molecule has 24 heavy (non-hydrogen) atoms. The Morgan fingerprint density at radius 3 is 2.29 bits per heavy atom. The van der Waals surface area contributed by atoms with E-state index in [1.54, 1.807) is 33.0 Å². The van der Waals surface area contributed by atoms with Crippen LogP contribution in [0.4, 0.5) is 5.69 Å². The minimum absolute atomic E-state index is 0.210. The number of hydrogen-bond donors (Lipinski definition) is 1. The van der Waals surface area contributed by atoms with Crippen LogP contribution in [0.5, 0.6) is 0 Å². The fraction of sp³-hybridized carbons (Fsp3) is 0.294. The second-order valence-corrected chi connectivity index (χ2v) is 5.49. The standard InChI is InChI=1S/C17H19N3O4/c1-10-5-7-13(8-6-10)18-14(21)9-24-17(23)16(22)15-11(2)19-20(4)12(15)3/h5-8H,9H2,1-4H3,(H,18,21). The molecule has 1 heterocycles. The number of Topliss-reactive ketones (excluding diaryl/α,β-unsaturated/α-hetero) is 1. The highest BCUT2D eigenvalue weighted by Gasteiger charge is 2.25.